The van der Waals surface area contributed by atoms with Crippen LogP contribution >= 0.6 is 0 Å². The topological polar surface area (TPSA) is 63.6 Å². The second-order valence-corrected chi connectivity index (χ2v) is 3.89. The van der Waals surface area contributed by atoms with Crippen LogP contribution in [0.25, 0.3) is 0 Å². The highest BCUT2D eigenvalue weighted by molar-refractivity contribution is 5.92. The molecule has 1 aromatic rings. The Morgan fingerprint density at radius 3 is 2.06 bits per heavy atom. The summed E-state index contributed by atoms with van der Waals surface area (Å²) in [5, 5.41) is 8.65. The van der Waals surface area contributed by atoms with E-state index in [1.54, 1.807) is 0 Å². The Kier molecular flexibility index (Phi) is 4.00. The summed E-state index contributed by atoms with van der Waals surface area (Å²) in [5.41, 5.74) is 0.0246. The molecule has 1 atom stereocenters. The zero-order valence-electron chi connectivity index (χ0n) is 9.81. The molecule has 98 valence electrons. The molecule has 0 heterocycles. The lowest BCUT2D eigenvalue weighted by molar-refractivity contribution is -0.0934. The summed E-state index contributed by atoms with van der Waals surface area (Å²) >= 11 is 0. The van der Waals surface area contributed by atoms with Gasteiger partial charge in [0, 0.05) is 6.92 Å². The number of alkyl halides is 2. The molecule has 0 spiro atoms. The average molecular weight is 258 g/mol. The van der Waals surface area contributed by atoms with E-state index >= 15 is 0 Å². The van der Waals surface area contributed by atoms with Gasteiger partial charge in [0.25, 0.3) is 5.92 Å². The number of carbonyl (C=O) groups excluding carboxylic acids is 1. The smallest absolute Gasteiger partial charge is 0.338 e. The molecule has 1 aromatic carbocycles. The lowest BCUT2D eigenvalue weighted by Crippen LogP contribution is -2.32. The zero-order chi connectivity index (χ0) is 13.9. The van der Waals surface area contributed by atoms with Crippen molar-refractivity contribution in [2.24, 2.45) is 0 Å². The fourth-order valence-corrected chi connectivity index (χ4v) is 1.08. The van der Waals surface area contributed by atoms with Crippen LogP contribution in [0.2, 0.25) is 0 Å². The predicted octanol–water partition coefficient (Wildman–Crippen LogP) is 2.59. The Morgan fingerprint density at radius 1 is 1.22 bits per heavy atom. The van der Waals surface area contributed by atoms with Crippen molar-refractivity contribution in [2.45, 2.75) is 25.9 Å². The first-order chi connectivity index (χ1) is 8.21. The van der Waals surface area contributed by atoms with Gasteiger partial charge in [0.2, 0.25) is 0 Å². The first kappa shape index (κ1) is 14.1. The molecule has 0 aromatic heterocycles. The van der Waals surface area contributed by atoms with Crippen LogP contribution in [0.15, 0.2) is 24.3 Å². The molecule has 0 bridgehead atoms. The fraction of sp³-hybridized carbons (Fsp3) is 0.333. The van der Waals surface area contributed by atoms with Crippen molar-refractivity contribution < 1.29 is 28.2 Å². The van der Waals surface area contributed by atoms with Crippen LogP contribution in [0, 0.1) is 0 Å². The number of hydrogen-bond acceptors (Lipinski definition) is 3. The van der Waals surface area contributed by atoms with Crippen molar-refractivity contribution in [3.63, 3.8) is 0 Å². The number of ether oxygens (including phenoxy) is 1. The molecule has 6 heteroatoms. The monoisotopic (exact) mass is 258 g/mol. The van der Waals surface area contributed by atoms with E-state index in [0.29, 0.717) is 6.92 Å². The molecule has 1 rings (SSSR count). The zero-order valence-corrected chi connectivity index (χ0v) is 9.81. The molecule has 0 fully saturated rings. The molecular weight excluding hydrogens is 246 g/mol. The predicted molar refractivity (Wildman–Crippen MR) is 58.9 cm³/mol. The number of carbonyl (C=O) groups is 2. The van der Waals surface area contributed by atoms with Gasteiger partial charge in [0.05, 0.1) is 11.1 Å². The molecule has 0 saturated heterocycles. The van der Waals surface area contributed by atoms with Gasteiger partial charge < -0.3 is 9.84 Å². The number of carboxylic acids is 1. The Labute approximate surface area is 102 Å². The van der Waals surface area contributed by atoms with Crippen LogP contribution < -0.4 is 0 Å². The van der Waals surface area contributed by atoms with Gasteiger partial charge in [-0.1, -0.05) is 0 Å². The van der Waals surface area contributed by atoms with Gasteiger partial charge in [0.1, 0.15) is 0 Å². The summed E-state index contributed by atoms with van der Waals surface area (Å²) in [4.78, 5) is 22.1. The Morgan fingerprint density at radius 2 is 1.67 bits per heavy atom. The van der Waals surface area contributed by atoms with E-state index in [9.17, 15) is 18.4 Å². The molecule has 0 aliphatic rings. The van der Waals surface area contributed by atoms with Gasteiger partial charge in [-0.3, -0.25) is 0 Å². The molecule has 0 radical (unpaired) electrons. The fourth-order valence-electron chi connectivity index (χ4n) is 1.08. The molecule has 1 N–H and O–H groups in total. The molecule has 1 unspecified atom stereocenters. The molecule has 0 saturated carbocycles. The molecule has 0 aliphatic carbocycles. The molecule has 18 heavy (non-hydrogen) atoms. The minimum atomic E-state index is -3.13. The third kappa shape index (κ3) is 3.51. The molecule has 0 aliphatic heterocycles. The van der Waals surface area contributed by atoms with Crippen molar-refractivity contribution in [2.75, 3.05) is 0 Å². The first-order valence-electron chi connectivity index (χ1n) is 5.14. The maximum Gasteiger partial charge on any atom is 0.338 e. The van der Waals surface area contributed by atoms with E-state index in [4.69, 9.17) is 5.11 Å². The van der Waals surface area contributed by atoms with E-state index in [-0.39, 0.29) is 11.1 Å². The van der Waals surface area contributed by atoms with Crippen LogP contribution in [0.4, 0.5) is 8.78 Å². The average Bonchev–Trinajstić information content (AvgIpc) is 2.27. The highest BCUT2D eigenvalue weighted by Crippen LogP contribution is 2.21. The summed E-state index contributed by atoms with van der Waals surface area (Å²) in [5.74, 6) is -5.18. The normalized spacial score (nSPS) is 12.9. The van der Waals surface area contributed by atoms with E-state index in [2.05, 4.69) is 4.74 Å². The lowest BCUT2D eigenvalue weighted by atomic mass is 10.1. The van der Waals surface area contributed by atoms with Gasteiger partial charge in [-0.05, 0) is 31.2 Å². The largest absolute Gasteiger partial charge is 0.478 e. The van der Waals surface area contributed by atoms with E-state index < -0.39 is 24.0 Å². The van der Waals surface area contributed by atoms with Crippen LogP contribution in [-0.2, 0) is 4.74 Å². The van der Waals surface area contributed by atoms with Crippen LogP contribution in [0.1, 0.15) is 34.6 Å². The quantitative estimate of drug-likeness (QED) is 0.843. The third-order valence-corrected chi connectivity index (χ3v) is 2.37. The summed E-state index contributed by atoms with van der Waals surface area (Å²) in [6.45, 7) is 1.74. The van der Waals surface area contributed by atoms with Gasteiger partial charge in [-0.2, -0.15) is 0 Å². The van der Waals surface area contributed by atoms with Crippen molar-refractivity contribution >= 4 is 11.9 Å². The minimum absolute atomic E-state index is 0.000389. The lowest BCUT2D eigenvalue weighted by Gasteiger charge is -2.19. The minimum Gasteiger partial charge on any atom is -0.478 e. The van der Waals surface area contributed by atoms with E-state index in [1.165, 1.54) is 24.3 Å². The summed E-state index contributed by atoms with van der Waals surface area (Å²) in [7, 11) is 0. The summed E-state index contributed by atoms with van der Waals surface area (Å²) in [6.07, 6.45) is -1.55. The van der Waals surface area contributed by atoms with Crippen LogP contribution in [0.5, 0.6) is 0 Å². The van der Waals surface area contributed by atoms with Gasteiger partial charge in [-0.15, -0.1) is 0 Å². The number of benzene rings is 1. The number of esters is 1. The van der Waals surface area contributed by atoms with Gasteiger partial charge >= 0.3 is 11.9 Å². The van der Waals surface area contributed by atoms with Gasteiger partial charge in [0.15, 0.2) is 6.10 Å². The summed E-state index contributed by atoms with van der Waals surface area (Å²) < 4.78 is 30.2. The van der Waals surface area contributed by atoms with Crippen molar-refractivity contribution in [3.8, 4) is 0 Å². The number of aromatic carboxylic acids is 1. The second-order valence-electron chi connectivity index (χ2n) is 3.89. The third-order valence-electron chi connectivity index (χ3n) is 2.37. The summed E-state index contributed by atoms with van der Waals surface area (Å²) in [6, 6.07) is 4.83. The highest BCUT2D eigenvalue weighted by atomic mass is 19.3. The maximum absolute atomic E-state index is 12.8. The number of carboxylic acid groups (broad SMARTS) is 1. The Bertz CT molecular complexity index is 448. The van der Waals surface area contributed by atoms with E-state index in [0.717, 1.165) is 6.92 Å². The number of rotatable bonds is 4. The number of halogens is 2. The maximum atomic E-state index is 12.8. The van der Waals surface area contributed by atoms with Crippen molar-refractivity contribution in [3.05, 3.63) is 35.4 Å². The van der Waals surface area contributed by atoms with Crippen molar-refractivity contribution in [1.29, 1.82) is 0 Å². The van der Waals surface area contributed by atoms with Crippen LogP contribution in [-0.4, -0.2) is 29.1 Å². The van der Waals surface area contributed by atoms with Crippen LogP contribution in [0.3, 0.4) is 0 Å². The van der Waals surface area contributed by atoms with E-state index in [1.807, 2.05) is 0 Å². The molecule has 0 amide bonds. The second kappa shape index (κ2) is 5.12. The standard InChI is InChI=1S/C12H12F2O4/c1-7(12(2,13)14)18-11(17)9-5-3-8(4-6-9)10(15)16/h3-7H,1-2H3,(H,15,16). The Balaban J connectivity index is 2.76. The first-order valence-corrected chi connectivity index (χ1v) is 5.14. The molecule has 4 nitrogen and oxygen atoms in total. The molecular formula is C12H12F2O4. The Hall–Kier alpha value is -1.98. The van der Waals surface area contributed by atoms with Gasteiger partial charge in [-0.25, -0.2) is 18.4 Å². The highest BCUT2D eigenvalue weighted by Gasteiger charge is 2.33. The number of hydrogen-bond donors (Lipinski definition) is 1. The van der Waals surface area contributed by atoms with Crippen molar-refractivity contribution in [1.82, 2.24) is 0 Å². The SMILES string of the molecule is CC(OC(=O)c1ccc(C(=O)O)cc1)C(C)(F)F.